The van der Waals surface area contributed by atoms with Crippen LogP contribution in [0.3, 0.4) is 0 Å². The Hall–Kier alpha value is -2.37. The van der Waals surface area contributed by atoms with Gasteiger partial charge < -0.3 is 4.74 Å². The summed E-state index contributed by atoms with van der Waals surface area (Å²) in [4.78, 5) is 0.268. The third-order valence-corrected chi connectivity index (χ3v) is 5.06. The van der Waals surface area contributed by atoms with Crippen LogP contribution in [0.4, 0.5) is 0 Å². The normalized spacial score (nSPS) is 11.5. The van der Waals surface area contributed by atoms with Crippen LogP contribution >= 0.6 is 0 Å². The Balaban J connectivity index is 1.79. The molecule has 1 N–H and O–H groups in total. The number of fused-ring (bicyclic) bond motifs is 1. The van der Waals surface area contributed by atoms with E-state index < -0.39 is 10.0 Å². The number of sulfonamides is 1. The average Bonchev–Trinajstić information content (AvgIpc) is 2.60. The lowest BCUT2D eigenvalue weighted by Crippen LogP contribution is -2.23. The number of methoxy groups -OCH3 is 1. The summed E-state index contributed by atoms with van der Waals surface area (Å²) in [6.45, 7) is 0.235. The average molecular weight is 327 g/mol. The molecule has 0 spiro atoms. The monoisotopic (exact) mass is 327 g/mol. The molecule has 0 fully saturated rings. The van der Waals surface area contributed by atoms with Crippen molar-refractivity contribution in [2.45, 2.75) is 11.4 Å². The van der Waals surface area contributed by atoms with Crippen LogP contribution < -0.4 is 9.46 Å². The highest BCUT2D eigenvalue weighted by molar-refractivity contribution is 7.89. The molecule has 3 rings (SSSR count). The zero-order chi connectivity index (χ0) is 16.3. The second-order valence-corrected chi connectivity index (χ2v) is 6.95. The van der Waals surface area contributed by atoms with Crippen molar-refractivity contribution >= 4 is 20.8 Å². The third kappa shape index (κ3) is 3.52. The first-order chi connectivity index (χ1) is 11.1. The number of hydrogen-bond donors (Lipinski definition) is 1. The van der Waals surface area contributed by atoms with Crippen LogP contribution in [0.15, 0.2) is 71.6 Å². The Labute approximate surface area is 135 Å². The molecule has 0 aliphatic heterocycles. The van der Waals surface area contributed by atoms with Crippen molar-refractivity contribution in [2.24, 2.45) is 0 Å². The van der Waals surface area contributed by atoms with Gasteiger partial charge >= 0.3 is 0 Å². The summed E-state index contributed by atoms with van der Waals surface area (Å²) in [6.07, 6.45) is 0. The van der Waals surface area contributed by atoms with E-state index in [-0.39, 0.29) is 11.4 Å². The summed E-state index contributed by atoms with van der Waals surface area (Å²) >= 11 is 0. The number of ether oxygens (including phenoxy) is 1. The molecule has 0 unspecified atom stereocenters. The predicted molar refractivity (Wildman–Crippen MR) is 91.0 cm³/mol. The largest absolute Gasteiger partial charge is 0.497 e. The minimum absolute atomic E-state index is 0.235. The molecular weight excluding hydrogens is 310 g/mol. The van der Waals surface area contributed by atoms with E-state index in [1.807, 2.05) is 42.5 Å². The molecule has 0 bridgehead atoms. The van der Waals surface area contributed by atoms with Crippen molar-refractivity contribution in [1.82, 2.24) is 4.72 Å². The van der Waals surface area contributed by atoms with Crippen LogP contribution in [0.2, 0.25) is 0 Å². The van der Waals surface area contributed by atoms with Gasteiger partial charge in [-0.05, 0) is 40.6 Å². The SMILES string of the molecule is COc1ccc(CNS(=O)(=O)c2ccc3ccccc3c2)cc1. The molecule has 0 aliphatic rings. The van der Waals surface area contributed by atoms with Crippen LogP contribution in [0.5, 0.6) is 5.75 Å². The first-order valence-corrected chi connectivity index (χ1v) is 8.68. The van der Waals surface area contributed by atoms with E-state index in [2.05, 4.69) is 4.72 Å². The van der Waals surface area contributed by atoms with Gasteiger partial charge in [0.05, 0.1) is 12.0 Å². The first kappa shape index (κ1) is 15.5. The minimum atomic E-state index is -3.55. The second kappa shape index (κ2) is 6.40. The topological polar surface area (TPSA) is 55.4 Å². The maximum Gasteiger partial charge on any atom is 0.240 e. The molecule has 118 valence electrons. The van der Waals surface area contributed by atoms with Gasteiger partial charge in [0.25, 0.3) is 0 Å². The molecule has 0 atom stereocenters. The van der Waals surface area contributed by atoms with Gasteiger partial charge in [0.2, 0.25) is 10.0 Å². The Morgan fingerprint density at radius 2 is 1.61 bits per heavy atom. The minimum Gasteiger partial charge on any atom is -0.497 e. The standard InChI is InChI=1S/C18H17NO3S/c1-22-17-9-6-14(7-10-17)13-19-23(20,21)18-11-8-15-4-2-3-5-16(15)12-18/h2-12,19H,13H2,1H3. The van der Waals surface area contributed by atoms with Crippen molar-refractivity contribution in [3.8, 4) is 5.75 Å². The van der Waals surface area contributed by atoms with E-state index in [9.17, 15) is 8.42 Å². The number of nitrogens with one attached hydrogen (secondary N) is 1. The molecule has 3 aromatic carbocycles. The summed E-state index contributed by atoms with van der Waals surface area (Å²) in [6, 6.07) is 20.1. The fourth-order valence-electron chi connectivity index (χ4n) is 2.34. The molecule has 0 aliphatic carbocycles. The van der Waals surface area contributed by atoms with Crippen LogP contribution in [0.25, 0.3) is 10.8 Å². The van der Waals surface area contributed by atoms with Gasteiger partial charge in [-0.2, -0.15) is 0 Å². The van der Waals surface area contributed by atoms with Gasteiger partial charge in [-0.1, -0.05) is 42.5 Å². The Kier molecular flexibility index (Phi) is 4.32. The fourth-order valence-corrected chi connectivity index (χ4v) is 3.39. The highest BCUT2D eigenvalue weighted by atomic mass is 32.2. The number of rotatable bonds is 5. The molecule has 5 heteroatoms. The molecule has 3 aromatic rings. The second-order valence-electron chi connectivity index (χ2n) is 5.18. The van der Waals surface area contributed by atoms with Crippen molar-refractivity contribution in [3.05, 3.63) is 72.3 Å². The third-order valence-electron chi connectivity index (χ3n) is 3.66. The quantitative estimate of drug-likeness (QED) is 0.782. The molecule has 0 saturated heterocycles. The first-order valence-electron chi connectivity index (χ1n) is 7.20. The molecule has 0 heterocycles. The molecule has 23 heavy (non-hydrogen) atoms. The maximum absolute atomic E-state index is 12.4. The molecule has 0 aromatic heterocycles. The van der Waals surface area contributed by atoms with Gasteiger partial charge in [-0.25, -0.2) is 13.1 Å². The molecule has 4 nitrogen and oxygen atoms in total. The Morgan fingerprint density at radius 3 is 2.30 bits per heavy atom. The van der Waals surface area contributed by atoms with Crippen LogP contribution in [-0.2, 0) is 16.6 Å². The summed E-state index contributed by atoms with van der Waals surface area (Å²) in [5.41, 5.74) is 0.871. The van der Waals surface area contributed by atoms with E-state index in [0.29, 0.717) is 0 Å². The highest BCUT2D eigenvalue weighted by Gasteiger charge is 2.14. The lowest BCUT2D eigenvalue weighted by molar-refractivity contribution is 0.414. The molecule has 0 amide bonds. The summed E-state index contributed by atoms with van der Waals surface area (Å²) < 4.78 is 32.6. The van der Waals surface area contributed by atoms with Gasteiger partial charge in [0.15, 0.2) is 0 Å². The molecule has 0 radical (unpaired) electrons. The van der Waals surface area contributed by atoms with E-state index in [4.69, 9.17) is 4.74 Å². The fraction of sp³-hybridized carbons (Fsp3) is 0.111. The highest BCUT2D eigenvalue weighted by Crippen LogP contribution is 2.19. The van der Waals surface area contributed by atoms with Crippen LogP contribution in [-0.4, -0.2) is 15.5 Å². The van der Waals surface area contributed by atoms with Crippen LogP contribution in [0, 0.1) is 0 Å². The zero-order valence-corrected chi connectivity index (χ0v) is 13.5. The smallest absolute Gasteiger partial charge is 0.240 e. The van der Waals surface area contributed by atoms with E-state index in [1.165, 1.54) is 0 Å². The van der Waals surface area contributed by atoms with Gasteiger partial charge in [0, 0.05) is 6.54 Å². The summed E-state index contributed by atoms with van der Waals surface area (Å²) in [5, 5.41) is 1.92. The zero-order valence-electron chi connectivity index (χ0n) is 12.7. The van der Waals surface area contributed by atoms with Crippen molar-refractivity contribution in [1.29, 1.82) is 0 Å². The predicted octanol–water partition coefficient (Wildman–Crippen LogP) is 3.33. The van der Waals surface area contributed by atoms with Crippen molar-refractivity contribution < 1.29 is 13.2 Å². The van der Waals surface area contributed by atoms with E-state index in [1.54, 1.807) is 31.4 Å². The van der Waals surface area contributed by atoms with Gasteiger partial charge in [0.1, 0.15) is 5.75 Å². The lowest BCUT2D eigenvalue weighted by Gasteiger charge is -2.08. The van der Waals surface area contributed by atoms with E-state index in [0.717, 1.165) is 22.1 Å². The Bertz CT molecular complexity index is 918. The number of hydrogen-bond acceptors (Lipinski definition) is 3. The molecular formula is C18H17NO3S. The molecule has 0 saturated carbocycles. The van der Waals surface area contributed by atoms with Crippen LogP contribution in [0.1, 0.15) is 5.56 Å². The maximum atomic E-state index is 12.4. The van der Waals surface area contributed by atoms with Gasteiger partial charge in [-0.3, -0.25) is 0 Å². The summed E-state index contributed by atoms with van der Waals surface area (Å²) in [5.74, 6) is 0.742. The number of benzene rings is 3. The van der Waals surface area contributed by atoms with Crippen molar-refractivity contribution in [3.63, 3.8) is 0 Å². The van der Waals surface area contributed by atoms with Gasteiger partial charge in [-0.15, -0.1) is 0 Å². The van der Waals surface area contributed by atoms with Crippen molar-refractivity contribution in [2.75, 3.05) is 7.11 Å². The van der Waals surface area contributed by atoms with E-state index >= 15 is 0 Å². The Morgan fingerprint density at radius 1 is 0.913 bits per heavy atom. The summed E-state index contributed by atoms with van der Waals surface area (Å²) in [7, 11) is -1.95. The lowest BCUT2D eigenvalue weighted by atomic mass is 10.1.